The third kappa shape index (κ3) is 7.82. The van der Waals surface area contributed by atoms with E-state index in [9.17, 15) is 23.9 Å². The van der Waals surface area contributed by atoms with Crippen molar-refractivity contribution in [3.8, 4) is 17.1 Å². The molecule has 1 aromatic heterocycles. The highest BCUT2D eigenvalue weighted by molar-refractivity contribution is 5.90. The van der Waals surface area contributed by atoms with E-state index < -0.39 is 42.7 Å². The Kier molecular flexibility index (Phi) is 9.85. The number of phenols is 1. The minimum absolute atomic E-state index is 0.0175. The van der Waals surface area contributed by atoms with Gasteiger partial charge < -0.3 is 20.1 Å². The second kappa shape index (κ2) is 13.3. The molecule has 0 aliphatic carbocycles. The molecule has 0 bridgehead atoms. The average Bonchev–Trinajstić information content (AvgIpc) is 3.33. The zero-order valence-electron chi connectivity index (χ0n) is 21.5. The van der Waals surface area contributed by atoms with Crippen LogP contribution in [-0.2, 0) is 25.7 Å². The highest BCUT2D eigenvalue weighted by Crippen LogP contribution is 2.24. The molecular weight excluding hydrogens is 495 g/mol. The summed E-state index contributed by atoms with van der Waals surface area (Å²) in [5.41, 5.74) is 0.890. The molecule has 1 unspecified atom stereocenters. The second-order valence-corrected chi connectivity index (χ2v) is 8.94. The highest BCUT2D eigenvalue weighted by atomic mass is 19.1. The molecule has 0 aliphatic heterocycles. The average molecular weight is 527 g/mol. The Hall–Kier alpha value is -4.35. The van der Waals surface area contributed by atoms with Gasteiger partial charge in [0.25, 0.3) is 0 Å². The predicted octanol–water partition coefficient (Wildman–Crippen LogP) is 2.48. The number of carbonyl (C=O) groups is 3. The van der Waals surface area contributed by atoms with Crippen LogP contribution in [0.4, 0.5) is 4.39 Å². The topological polar surface area (TPSA) is 140 Å². The van der Waals surface area contributed by atoms with E-state index in [-0.39, 0.29) is 18.2 Å². The van der Waals surface area contributed by atoms with Crippen LogP contribution in [0.5, 0.6) is 5.75 Å². The third-order valence-electron chi connectivity index (χ3n) is 5.55. The molecule has 3 aromatic rings. The van der Waals surface area contributed by atoms with Crippen molar-refractivity contribution in [2.75, 3.05) is 19.7 Å². The molecule has 12 heteroatoms. The number of nitrogens with zero attached hydrogens (tertiary/aromatic N) is 5. The Bertz CT molecular complexity index is 1230. The number of rotatable bonds is 12. The largest absolute Gasteiger partial charge is 0.508 e. The van der Waals surface area contributed by atoms with Gasteiger partial charge in [0.15, 0.2) is 0 Å². The van der Waals surface area contributed by atoms with E-state index in [0.29, 0.717) is 23.6 Å². The summed E-state index contributed by atoms with van der Waals surface area (Å²) in [7, 11) is 0. The van der Waals surface area contributed by atoms with E-state index in [4.69, 9.17) is 4.74 Å². The van der Waals surface area contributed by atoms with Crippen molar-refractivity contribution in [2.24, 2.45) is 5.92 Å². The number of amides is 2. The number of ether oxygens (including phenoxy) is 1. The number of benzene rings is 2. The van der Waals surface area contributed by atoms with E-state index in [1.807, 2.05) is 13.8 Å². The summed E-state index contributed by atoms with van der Waals surface area (Å²) in [5, 5.41) is 24.6. The lowest BCUT2D eigenvalue weighted by molar-refractivity contribution is -0.153. The van der Waals surface area contributed by atoms with Crippen molar-refractivity contribution in [2.45, 2.75) is 39.8 Å². The van der Waals surface area contributed by atoms with Gasteiger partial charge in [0.1, 0.15) is 30.7 Å². The summed E-state index contributed by atoms with van der Waals surface area (Å²) in [6.45, 7) is 5.21. The Labute approximate surface area is 219 Å². The Morgan fingerprint density at radius 1 is 1.11 bits per heavy atom. The van der Waals surface area contributed by atoms with Crippen LogP contribution in [0, 0.1) is 11.7 Å². The minimum Gasteiger partial charge on any atom is -0.508 e. The van der Waals surface area contributed by atoms with Crippen molar-refractivity contribution in [1.82, 2.24) is 30.4 Å². The quantitative estimate of drug-likeness (QED) is 0.343. The van der Waals surface area contributed by atoms with Crippen LogP contribution < -0.4 is 5.32 Å². The van der Waals surface area contributed by atoms with E-state index in [1.165, 1.54) is 48.5 Å². The number of phenolic OH excluding ortho intramolecular Hbond substituents is 1. The molecule has 2 N–H and O–H groups in total. The smallest absolute Gasteiger partial charge is 0.325 e. The molecule has 38 heavy (non-hydrogen) atoms. The van der Waals surface area contributed by atoms with Crippen LogP contribution in [0.3, 0.4) is 0 Å². The highest BCUT2D eigenvalue weighted by Gasteiger charge is 2.33. The lowest BCUT2D eigenvalue weighted by Crippen LogP contribution is -2.47. The first kappa shape index (κ1) is 28.2. The molecule has 1 atom stereocenters. The fourth-order valence-corrected chi connectivity index (χ4v) is 3.62. The summed E-state index contributed by atoms with van der Waals surface area (Å²) in [6.07, 6.45) is 0.717. The first-order valence-electron chi connectivity index (χ1n) is 12.2. The number of tetrazole rings is 1. The number of hydrogen-bond donors (Lipinski definition) is 2. The van der Waals surface area contributed by atoms with E-state index in [1.54, 1.807) is 6.92 Å². The zero-order valence-corrected chi connectivity index (χ0v) is 21.5. The van der Waals surface area contributed by atoms with Gasteiger partial charge in [-0.2, -0.15) is 4.80 Å². The van der Waals surface area contributed by atoms with Gasteiger partial charge in [-0.05, 0) is 66.4 Å². The van der Waals surface area contributed by atoms with E-state index in [2.05, 4.69) is 20.7 Å². The van der Waals surface area contributed by atoms with Crippen LogP contribution in [0.15, 0.2) is 48.5 Å². The third-order valence-corrected chi connectivity index (χ3v) is 5.55. The minimum atomic E-state index is -1.19. The lowest BCUT2D eigenvalue weighted by Gasteiger charge is -2.30. The SMILES string of the molecule is CCOC(=O)CN(C(=O)Cn1nnc(-c2ccc(F)cc2)n1)C(C(=O)NCCC(C)C)c1ccc(O)cc1. The van der Waals surface area contributed by atoms with Crippen molar-refractivity contribution in [3.63, 3.8) is 0 Å². The number of aromatic hydroxyl groups is 1. The van der Waals surface area contributed by atoms with Gasteiger partial charge in [-0.15, -0.1) is 10.2 Å². The van der Waals surface area contributed by atoms with Crippen LogP contribution in [0.1, 0.15) is 38.8 Å². The number of hydrogen-bond acceptors (Lipinski definition) is 8. The fourth-order valence-electron chi connectivity index (χ4n) is 3.62. The molecule has 11 nitrogen and oxygen atoms in total. The van der Waals surface area contributed by atoms with Gasteiger partial charge in [0.2, 0.25) is 17.6 Å². The predicted molar refractivity (Wildman–Crippen MR) is 135 cm³/mol. The van der Waals surface area contributed by atoms with Crippen molar-refractivity contribution in [3.05, 3.63) is 59.9 Å². The molecular formula is C26H31FN6O5. The second-order valence-electron chi connectivity index (χ2n) is 8.94. The zero-order chi connectivity index (χ0) is 27.7. The van der Waals surface area contributed by atoms with E-state index in [0.717, 1.165) is 16.1 Å². The van der Waals surface area contributed by atoms with Crippen molar-refractivity contribution >= 4 is 17.8 Å². The van der Waals surface area contributed by atoms with Gasteiger partial charge in [-0.1, -0.05) is 26.0 Å². The van der Waals surface area contributed by atoms with Crippen molar-refractivity contribution in [1.29, 1.82) is 0 Å². The monoisotopic (exact) mass is 526 g/mol. The maximum absolute atomic E-state index is 13.5. The molecule has 1 heterocycles. The standard InChI is InChI=1S/C26H31FN6O5/c1-4-38-23(36)16-32(22(35)15-33-30-25(29-31-33)19-5-9-20(27)10-6-19)24(18-7-11-21(34)12-8-18)26(37)28-14-13-17(2)3/h5-12,17,24,34H,4,13-16H2,1-3H3,(H,28,37). The van der Waals surface area contributed by atoms with Gasteiger partial charge in [0, 0.05) is 12.1 Å². The number of esters is 1. The molecule has 2 aromatic carbocycles. The Morgan fingerprint density at radius 3 is 2.42 bits per heavy atom. The van der Waals surface area contributed by atoms with Gasteiger partial charge >= 0.3 is 5.97 Å². The van der Waals surface area contributed by atoms with Gasteiger partial charge in [0.05, 0.1) is 6.61 Å². The maximum Gasteiger partial charge on any atom is 0.325 e. The van der Waals surface area contributed by atoms with Crippen LogP contribution in [0.2, 0.25) is 0 Å². The lowest BCUT2D eigenvalue weighted by atomic mass is 10.0. The van der Waals surface area contributed by atoms with Crippen molar-refractivity contribution < 1.29 is 28.6 Å². The number of aromatic nitrogens is 4. The summed E-state index contributed by atoms with van der Waals surface area (Å²) >= 11 is 0. The molecule has 2 amide bonds. The molecule has 0 spiro atoms. The molecule has 202 valence electrons. The molecule has 0 radical (unpaired) electrons. The normalized spacial score (nSPS) is 11.7. The van der Waals surface area contributed by atoms with Gasteiger partial charge in [-0.3, -0.25) is 14.4 Å². The molecule has 0 saturated heterocycles. The van der Waals surface area contributed by atoms with Gasteiger partial charge in [-0.25, -0.2) is 4.39 Å². The molecule has 0 saturated carbocycles. The number of halogens is 1. The molecule has 0 aliphatic rings. The maximum atomic E-state index is 13.5. The summed E-state index contributed by atoms with van der Waals surface area (Å²) in [4.78, 5) is 41.5. The first-order valence-corrected chi connectivity index (χ1v) is 12.2. The summed E-state index contributed by atoms with van der Waals surface area (Å²) in [6, 6.07) is 10.1. The molecule has 0 fully saturated rings. The first-order chi connectivity index (χ1) is 18.2. The molecule has 3 rings (SSSR count). The fraction of sp³-hybridized carbons (Fsp3) is 0.385. The summed E-state index contributed by atoms with van der Waals surface area (Å²) in [5.74, 6) is -1.75. The van der Waals surface area contributed by atoms with E-state index >= 15 is 0 Å². The number of nitrogens with one attached hydrogen (secondary N) is 1. The summed E-state index contributed by atoms with van der Waals surface area (Å²) < 4.78 is 18.3. The van der Waals surface area contributed by atoms with Crippen LogP contribution >= 0.6 is 0 Å². The Morgan fingerprint density at radius 2 is 1.79 bits per heavy atom. The number of carbonyl (C=O) groups excluding carboxylic acids is 3. The van der Waals surface area contributed by atoms with Crippen LogP contribution in [0.25, 0.3) is 11.4 Å². The van der Waals surface area contributed by atoms with Crippen LogP contribution in [-0.4, -0.2) is 67.7 Å². The Balaban J connectivity index is 1.90.